The number of ketones is 1. The van der Waals surface area contributed by atoms with E-state index in [9.17, 15) is 14.4 Å². The molecular weight excluding hydrogens is 306 g/mol. The molecule has 5 heteroatoms. The molecule has 0 spiro atoms. The van der Waals surface area contributed by atoms with Gasteiger partial charge in [0.15, 0.2) is 5.78 Å². The molecule has 0 saturated carbocycles. The van der Waals surface area contributed by atoms with E-state index in [0.29, 0.717) is 19.3 Å². The number of hydrogen-bond acceptors (Lipinski definition) is 4. The molecular formula is C19H35NO4. The molecule has 0 aliphatic carbocycles. The van der Waals surface area contributed by atoms with Crippen molar-refractivity contribution < 1.29 is 19.1 Å². The molecule has 140 valence electrons. The molecule has 0 heterocycles. The van der Waals surface area contributed by atoms with E-state index >= 15 is 0 Å². The van der Waals surface area contributed by atoms with E-state index in [-0.39, 0.29) is 24.2 Å². The van der Waals surface area contributed by atoms with Gasteiger partial charge < -0.3 is 10.1 Å². The van der Waals surface area contributed by atoms with Gasteiger partial charge in [-0.15, -0.1) is 0 Å². The number of carbonyl (C=O) groups is 3. The summed E-state index contributed by atoms with van der Waals surface area (Å²) in [7, 11) is 1.39. The normalized spacial score (nSPS) is 10.4. The van der Waals surface area contributed by atoms with Crippen LogP contribution in [0.4, 0.5) is 0 Å². The topological polar surface area (TPSA) is 72.5 Å². The Balaban J connectivity index is 3.41. The van der Waals surface area contributed by atoms with Crippen LogP contribution < -0.4 is 5.32 Å². The number of ether oxygens (including phenoxy) is 1. The van der Waals surface area contributed by atoms with Crippen LogP contribution in [0.25, 0.3) is 0 Å². The zero-order chi connectivity index (χ0) is 18.0. The minimum atomic E-state index is -0.181. The third-order valence-corrected chi connectivity index (χ3v) is 4.05. The SMILES string of the molecule is CCCCCCCCC(=O)NCC(=O)CCCCCCC(=O)OC. The molecule has 0 aromatic rings. The largest absolute Gasteiger partial charge is 0.469 e. The number of amides is 1. The predicted molar refractivity (Wildman–Crippen MR) is 95.7 cm³/mol. The van der Waals surface area contributed by atoms with E-state index in [2.05, 4.69) is 17.0 Å². The number of nitrogens with one attached hydrogen (secondary N) is 1. The van der Waals surface area contributed by atoms with E-state index < -0.39 is 0 Å². The quantitative estimate of drug-likeness (QED) is 0.341. The number of carbonyl (C=O) groups excluding carboxylic acids is 3. The summed E-state index contributed by atoms with van der Waals surface area (Å²) in [6, 6.07) is 0. The molecule has 0 fully saturated rings. The van der Waals surface area contributed by atoms with Gasteiger partial charge in [-0.05, 0) is 19.3 Å². The van der Waals surface area contributed by atoms with Crippen molar-refractivity contribution in [3.8, 4) is 0 Å². The number of esters is 1. The predicted octanol–water partition coefficient (Wildman–Crippen LogP) is 3.94. The molecule has 0 unspecified atom stereocenters. The molecule has 0 aromatic carbocycles. The molecule has 0 bridgehead atoms. The lowest BCUT2D eigenvalue weighted by Crippen LogP contribution is -2.29. The minimum absolute atomic E-state index is 0.0167. The van der Waals surface area contributed by atoms with Crippen LogP contribution in [0.2, 0.25) is 0 Å². The molecule has 1 amide bonds. The van der Waals surface area contributed by atoms with Gasteiger partial charge in [0.05, 0.1) is 13.7 Å². The number of rotatable bonds is 16. The highest BCUT2D eigenvalue weighted by Gasteiger charge is 2.06. The van der Waals surface area contributed by atoms with Gasteiger partial charge in [-0.2, -0.15) is 0 Å². The Morgan fingerprint density at radius 1 is 0.750 bits per heavy atom. The van der Waals surface area contributed by atoms with Crippen molar-refractivity contribution in [3.05, 3.63) is 0 Å². The summed E-state index contributed by atoms with van der Waals surface area (Å²) >= 11 is 0. The van der Waals surface area contributed by atoms with Crippen molar-refractivity contribution in [2.24, 2.45) is 0 Å². The van der Waals surface area contributed by atoms with Crippen LogP contribution in [-0.2, 0) is 19.1 Å². The van der Waals surface area contributed by atoms with Gasteiger partial charge in [0.2, 0.25) is 5.91 Å². The summed E-state index contributed by atoms with van der Waals surface area (Å²) in [5.74, 6) is -0.115. The molecule has 0 atom stereocenters. The summed E-state index contributed by atoms with van der Waals surface area (Å²) in [6.07, 6.45) is 11.9. The monoisotopic (exact) mass is 341 g/mol. The summed E-state index contributed by atoms with van der Waals surface area (Å²) in [5.41, 5.74) is 0. The van der Waals surface area contributed by atoms with Crippen molar-refractivity contribution in [1.29, 1.82) is 0 Å². The summed E-state index contributed by atoms with van der Waals surface area (Å²) in [5, 5.41) is 2.71. The van der Waals surface area contributed by atoms with Gasteiger partial charge in [-0.25, -0.2) is 0 Å². The van der Waals surface area contributed by atoms with Crippen molar-refractivity contribution >= 4 is 17.7 Å². The first-order valence-corrected chi connectivity index (χ1v) is 9.45. The maximum Gasteiger partial charge on any atom is 0.305 e. The van der Waals surface area contributed by atoms with Gasteiger partial charge >= 0.3 is 5.97 Å². The van der Waals surface area contributed by atoms with Crippen molar-refractivity contribution in [2.75, 3.05) is 13.7 Å². The molecule has 1 N–H and O–H groups in total. The summed E-state index contributed by atoms with van der Waals surface area (Å²) in [6.45, 7) is 2.34. The summed E-state index contributed by atoms with van der Waals surface area (Å²) in [4.78, 5) is 34.3. The van der Waals surface area contributed by atoms with Crippen molar-refractivity contribution in [2.45, 2.75) is 90.4 Å². The Labute approximate surface area is 146 Å². The van der Waals surface area contributed by atoms with Crippen LogP contribution in [0, 0.1) is 0 Å². The highest BCUT2D eigenvalue weighted by atomic mass is 16.5. The molecule has 5 nitrogen and oxygen atoms in total. The Morgan fingerprint density at radius 2 is 1.29 bits per heavy atom. The zero-order valence-electron chi connectivity index (χ0n) is 15.5. The maximum atomic E-state index is 11.7. The fraction of sp³-hybridized carbons (Fsp3) is 0.842. The third kappa shape index (κ3) is 15.5. The second kappa shape index (κ2) is 16.5. The molecule has 24 heavy (non-hydrogen) atoms. The first-order chi connectivity index (χ1) is 11.6. The van der Waals surface area contributed by atoms with Crippen LogP contribution in [0.1, 0.15) is 90.4 Å². The fourth-order valence-electron chi connectivity index (χ4n) is 2.49. The number of unbranched alkanes of at least 4 members (excludes halogenated alkanes) is 8. The van der Waals surface area contributed by atoms with E-state index in [4.69, 9.17) is 0 Å². The Hall–Kier alpha value is -1.39. The van der Waals surface area contributed by atoms with Gasteiger partial charge in [-0.1, -0.05) is 51.9 Å². The minimum Gasteiger partial charge on any atom is -0.469 e. The van der Waals surface area contributed by atoms with Crippen LogP contribution >= 0.6 is 0 Å². The maximum absolute atomic E-state index is 11.7. The molecule has 0 saturated heterocycles. The van der Waals surface area contributed by atoms with E-state index in [1.807, 2.05) is 0 Å². The molecule has 0 aromatic heterocycles. The Kier molecular flexibility index (Phi) is 15.5. The van der Waals surface area contributed by atoms with Crippen LogP contribution in [0.5, 0.6) is 0 Å². The molecule has 0 radical (unpaired) electrons. The highest BCUT2D eigenvalue weighted by Crippen LogP contribution is 2.07. The smallest absolute Gasteiger partial charge is 0.305 e. The van der Waals surface area contributed by atoms with E-state index in [0.717, 1.165) is 38.5 Å². The second-order valence-corrected chi connectivity index (χ2v) is 6.32. The van der Waals surface area contributed by atoms with Gasteiger partial charge in [0, 0.05) is 19.3 Å². The average molecular weight is 341 g/mol. The Morgan fingerprint density at radius 3 is 1.92 bits per heavy atom. The van der Waals surface area contributed by atoms with Crippen LogP contribution in [0.3, 0.4) is 0 Å². The van der Waals surface area contributed by atoms with Crippen LogP contribution in [0.15, 0.2) is 0 Å². The lowest BCUT2D eigenvalue weighted by atomic mass is 10.1. The highest BCUT2D eigenvalue weighted by molar-refractivity contribution is 5.85. The summed E-state index contributed by atoms with van der Waals surface area (Å²) < 4.78 is 4.57. The van der Waals surface area contributed by atoms with Crippen molar-refractivity contribution in [1.82, 2.24) is 5.32 Å². The standard InChI is InChI=1S/C19H35NO4/c1-3-4-5-6-7-11-14-18(22)20-16-17(21)13-10-8-9-12-15-19(23)24-2/h3-16H2,1-2H3,(H,20,22). The second-order valence-electron chi connectivity index (χ2n) is 6.32. The number of methoxy groups -OCH3 is 1. The van der Waals surface area contributed by atoms with Crippen LogP contribution in [-0.4, -0.2) is 31.3 Å². The molecule has 0 aliphatic rings. The lowest BCUT2D eigenvalue weighted by Gasteiger charge is -2.05. The van der Waals surface area contributed by atoms with Crippen molar-refractivity contribution in [3.63, 3.8) is 0 Å². The average Bonchev–Trinajstić information content (AvgIpc) is 2.58. The lowest BCUT2D eigenvalue weighted by molar-refractivity contribution is -0.140. The van der Waals surface area contributed by atoms with Gasteiger partial charge in [0.1, 0.15) is 0 Å². The first kappa shape index (κ1) is 22.6. The fourth-order valence-corrected chi connectivity index (χ4v) is 2.49. The van der Waals surface area contributed by atoms with E-state index in [1.165, 1.54) is 32.8 Å². The van der Waals surface area contributed by atoms with Gasteiger partial charge in [0.25, 0.3) is 0 Å². The zero-order valence-corrected chi connectivity index (χ0v) is 15.5. The molecule has 0 aliphatic heterocycles. The Bertz CT molecular complexity index is 355. The van der Waals surface area contributed by atoms with E-state index in [1.54, 1.807) is 0 Å². The number of Topliss-reactive ketones (excluding diaryl/α,β-unsaturated/α-hetero) is 1. The van der Waals surface area contributed by atoms with Gasteiger partial charge in [-0.3, -0.25) is 14.4 Å². The number of hydrogen-bond donors (Lipinski definition) is 1. The first-order valence-electron chi connectivity index (χ1n) is 9.45. The third-order valence-electron chi connectivity index (χ3n) is 4.05. The molecule has 0 rings (SSSR count).